The van der Waals surface area contributed by atoms with E-state index in [-0.39, 0.29) is 22.6 Å². The summed E-state index contributed by atoms with van der Waals surface area (Å²) in [4.78, 5) is 39.2. The van der Waals surface area contributed by atoms with Crippen LogP contribution >= 0.6 is 11.6 Å². The summed E-state index contributed by atoms with van der Waals surface area (Å²) in [6.45, 7) is -0.420. The first-order chi connectivity index (χ1) is 11.2. The molecule has 1 aromatic carbocycles. The molecule has 3 rings (SSSR count). The van der Waals surface area contributed by atoms with E-state index in [1.54, 1.807) is 0 Å². The zero-order chi connectivity index (χ0) is 17.6. The van der Waals surface area contributed by atoms with Crippen molar-refractivity contribution in [1.29, 1.82) is 0 Å². The molecule has 1 fully saturated rings. The number of rotatable bonds is 3. The quantitative estimate of drug-likeness (QED) is 0.726. The molecule has 2 aliphatic rings. The molecule has 1 saturated heterocycles. The van der Waals surface area contributed by atoms with E-state index in [0.29, 0.717) is 11.4 Å². The Morgan fingerprint density at radius 1 is 1.29 bits per heavy atom. The normalized spacial score (nSPS) is 21.9. The van der Waals surface area contributed by atoms with E-state index < -0.39 is 40.1 Å². The van der Waals surface area contributed by atoms with Gasteiger partial charge in [0.1, 0.15) is 6.54 Å². The van der Waals surface area contributed by atoms with Crippen molar-refractivity contribution in [3.05, 3.63) is 34.3 Å². The largest absolute Gasteiger partial charge is 0.340 e. The van der Waals surface area contributed by atoms with Crippen LogP contribution in [0.15, 0.2) is 18.2 Å². The number of hydrogen-bond acceptors (Lipinski definition) is 5. The van der Waals surface area contributed by atoms with Crippen molar-refractivity contribution in [2.45, 2.75) is 12.5 Å². The number of carbonyl (C=O) groups excluding carboxylic acids is 3. The van der Waals surface area contributed by atoms with Crippen molar-refractivity contribution in [2.24, 2.45) is 0 Å². The third kappa shape index (κ3) is 2.91. The van der Waals surface area contributed by atoms with E-state index >= 15 is 0 Å². The van der Waals surface area contributed by atoms with Gasteiger partial charge in [0.15, 0.2) is 9.84 Å². The molecule has 7 nitrogen and oxygen atoms in total. The number of imide groups is 1. The lowest BCUT2D eigenvalue weighted by Crippen LogP contribution is -2.45. The number of sulfone groups is 1. The third-order valence-electron chi connectivity index (χ3n) is 4.38. The number of likely N-dealkylation sites (N-methyl/N-ethyl adjacent to an activating group) is 1. The molecule has 24 heavy (non-hydrogen) atoms. The summed E-state index contributed by atoms with van der Waals surface area (Å²) in [6, 6.07) is 3.93. The molecule has 2 heterocycles. The van der Waals surface area contributed by atoms with Gasteiger partial charge in [0, 0.05) is 18.1 Å². The van der Waals surface area contributed by atoms with E-state index in [1.165, 1.54) is 30.1 Å². The van der Waals surface area contributed by atoms with E-state index in [0.717, 1.165) is 4.90 Å². The average molecular weight is 371 g/mol. The second-order valence-corrected chi connectivity index (χ2v) is 8.61. The maximum atomic E-state index is 12.4. The van der Waals surface area contributed by atoms with Crippen molar-refractivity contribution in [3.8, 4) is 0 Å². The zero-order valence-corrected chi connectivity index (χ0v) is 14.4. The number of fused-ring (bicyclic) bond motifs is 1. The fourth-order valence-electron chi connectivity index (χ4n) is 2.94. The Morgan fingerprint density at radius 2 is 1.96 bits per heavy atom. The molecule has 0 saturated carbocycles. The molecule has 0 aromatic heterocycles. The minimum Gasteiger partial charge on any atom is -0.340 e. The highest BCUT2D eigenvalue weighted by atomic mass is 35.5. The van der Waals surface area contributed by atoms with Gasteiger partial charge in [0.05, 0.1) is 22.6 Å². The molecule has 0 bridgehead atoms. The van der Waals surface area contributed by atoms with Crippen molar-refractivity contribution in [1.82, 2.24) is 9.80 Å². The highest BCUT2D eigenvalue weighted by Crippen LogP contribution is 2.26. The van der Waals surface area contributed by atoms with Gasteiger partial charge in [0.25, 0.3) is 11.8 Å². The van der Waals surface area contributed by atoms with Crippen LogP contribution in [-0.4, -0.2) is 67.1 Å². The second kappa shape index (κ2) is 5.86. The van der Waals surface area contributed by atoms with Crippen LogP contribution in [0.25, 0.3) is 0 Å². The summed E-state index contributed by atoms with van der Waals surface area (Å²) >= 11 is 5.84. The molecule has 1 atom stereocenters. The van der Waals surface area contributed by atoms with Crippen LogP contribution in [0, 0.1) is 0 Å². The standard InChI is InChI=1S/C15H15ClN2O5S/c1-17(10-4-5-24(22,23)8-10)13(19)7-18-14(20)11-3-2-9(16)6-12(11)15(18)21/h2-3,6,10H,4-5,7-8H2,1H3. The summed E-state index contributed by atoms with van der Waals surface area (Å²) in [5, 5.41) is 0.330. The van der Waals surface area contributed by atoms with Crippen LogP contribution in [0.2, 0.25) is 5.02 Å². The average Bonchev–Trinajstić information content (AvgIpc) is 2.99. The number of amides is 3. The number of halogens is 1. The van der Waals surface area contributed by atoms with Crippen LogP contribution in [0.5, 0.6) is 0 Å². The maximum absolute atomic E-state index is 12.4. The molecule has 9 heteroatoms. The molecule has 0 spiro atoms. The van der Waals surface area contributed by atoms with Gasteiger partial charge in [-0.1, -0.05) is 11.6 Å². The number of nitrogens with zero attached hydrogens (tertiary/aromatic N) is 2. The Labute approximate surface area is 144 Å². The Bertz CT molecular complexity index is 851. The monoisotopic (exact) mass is 370 g/mol. The smallest absolute Gasteiger partial charge is 0.262 e. The first-order valence-electron chi connectivity index (χ1n) is 7.31. The minimum absolute atomic E-state index is 0.0425. The molecule has 0 N–H and O–H groups in total. The molecular weight excluding hydrogens is 356 g/mol. The molecule has 0 aliphatic carbocycles. The van der Waals surface area contributed by atoms with Gasteiger partial charge < -0.3 is 4.90 Å². The molecule has 2 aliphatic heterocycles. The molecule has 1 aromatic rings. The Morgan fingerprint density at radius 3 is 2.58 bits per heavy atom. The SMILES string of the molecule is CN(C(=O)CN1C(=O)c2ccc(Cl)cc2C1=O)C1CCS(=O)(=O)C1. The van der Waals surface area contributed by atoms with Gasteiger partial charge in [-0.2, -0.15) is 0 Å². The first kappa shape index (κ1) is 16.9. The highest BCUT2D eigenvalue weighted by Gasteiger charge is 2.39. The number of benzene rings is 1. The number of hydrogen-bond donors (Lipinski definition) is 0. The number of carbonyl (C=O) groups is 3. The topological polar surface area (TPSA) is 91.8 Å². The van der Waals surface area contributed by atoms with Crippen molar-refractivity contribution >= 4 is 39.2 Å². The Hall–Kier alpha value is -1.93. The summed E-state index contributed by atoms with van der Waals surface area (Å²) < 4.78 is 23.1. The van der Waals surface area contributed by atoms with Gasteiger partial charge in [-0.25, -0.2) is 8.42 Å². The summed E-state index contributed by atoms with van der Waals surface area (Å²) in [6.07, 6.45) is 0.363. The maximum Gasteiger partial charge on any atom is 0.262 e. The van der Waals surface area contributed by atoms with Gasteiger partial charge in [-0.15, -0.1) is 0 Å². The third-order valence-corrected chi connectivity index (χ3v) is 6.36. The van der Waals surface area contributed by atoms with Crippen LogP contribution in [0.4, 0.5) is 0 Å². The van der Waals surface area contributed by atoms with Crippen LogP contribution < -0.4 is 0 Å². The fraction of sp³-hybridized carbons (Fsp3) is 0.400. The van der Waals surface area contributed by atoms with E-state index in [9.17, 15) is 22.8 Å². The van der Waals surface area contributed by atoms with E-state index in [4.69, 9.17) is 11.6 Å². The summed E-state index contributed by atoms with van der Waals surface area (Å²) in [5.74, 6) is -1.64. The molecule has 3 amide bonds. The second-order valence-electron chi connectivity index (χ2n) is 5.95. The van der Waals surface area contributed by atoms with Gasteiger partial charge in [-0.05, 0) is 24.6 Å². The lowest BCUT2D eigenvalue weighted by Gasteiger charge is -2.25. The molecular formula is C15H15ClN2O5S. The Balaban J connectivity index is 1.74. The lowest BCUT2D eigenvalue weighted by atomic mass is 10.1. The lowest BCUT2D eigenvalue weighted by molar-refractivity contribution is -0.131. The Kier molecular flexibility index (Phi) is 4.13. The minimum atomic E-state index is -3.13. The van der Waals surface area contributed by atoms with Crippen molar-refractivity contribution in [2.75, 3.05) is 25.1 Å². The van der Waals surface area contributed by atoms with E-state index in [1.807, 2.05) is 0 Å². The van der Waals surface area contributed by atoms with Gasteiger partial charge in [-0.3, -0.25) is 19.3 Å². The van der Waals surface area contributed by atoms with Crippen molar-refractivity contribution < 1.29 is 22.8 Å². The fourth-order valence-corrected chi connectivity index (χ4v) is 4.88. The predicted octanol–water partition coefficient (Wildman–Crippen LogP) is 0.581. The predicted molar refractivity (Wildman–Crippen MR) is 86.6 cm³/mol. The highest BCUT2D eigenvalue weighted by molar-refractivity contribution is 7.91. The zero-order valence-electron chi connectivity index (χ0n) is 12.9. The molecule has 0 radical (unpaired) electrons. The van der Waals surface area contributed by atoms with Crippen LogP contribution in [-0.2, 0) is 14.6 Å². The van der Waals surface area contributed by atoms with E-state index in [2.05, 4.69) is 0 Å². The summed E-state index contributed by atoms with van der Waals surface area (Å²) in [7, 11) is -1.64. The van der Waals surface area contributed by atoms with Crippen LogP contribution in [0.1, 0.15) is 27.1 Å². The van der Waals surface area contributed by atoms with Crippen molar-refractivity contribution in [3.63, 3.8) is 0 Å². The summed E-state index contributed by atoms with van der Waals surface area (Å²) in [5.41, 5.74) is 0.384. The molecule has 1 unspecified atom stereocenters. The van der Waals surface area contributed by atoms with Gasteiger partial charge in [0.2, 0.25) is 5.91 Å². The molecule has 128 valence electrons. The van der Waals surface area contributed by atoms with Crippen LogP contribution in [0.3, 0.4) is 0 Å². The van der Waals surface area contributed by atoms with Gasteiger partial charge >= 0.3 is 0 Å². The first-order valence-corrected chi connectivity index (χ1v) is 9.51.